The Morgan fingerprint density at radius 2 is 1.95 bits per heavy atom. The average Bonchev–Trinajstić information content (AvgIpc) is 2.68. The van der Waals surface area contributed by atoms with Crippen LogP contribution in [0.15, 0.2) is 34.8 Å². The summed E-state index contributed by atoms with van der Waals surface area (Å²) in [5.41, 5.74) is 6.18. The van der Waals surface area contributed by atoms with Crippen LogP contribution in [0.3, 0.4) is 0 Å². The maximum Gasteiger partial charge on any atom is 0.245 e. The van der Waals surface area contributed by atoms with E-state index in [2.05, 4.69) is 21.2 Å². The minimum atomic E-state index is -0.630. The number of hydrogen-bond donors (Lipinski definition) is 2. The predicted molar refractivity (Wildman–Crippen MR) is 84.0 cm³/mol. The average molecular weight is 380 g/mol. The molecule has 19 heavy (non-hydrogen) atoms. The van der Waals surface area contributed by atoms with Crippen molar-refractivity contribution in [2.75, 3.05) is 5.32 Å². The van der Waals surface area contributed by atoms with E-state index in [1.54, 1.807) is 30.3 Å². The number of thiophene rings is 1. The monoisotopic (exact) mass is 378 g/mol. The van der Waals surface area contributed by atoms with Crippen LogP contribution >= 0.6 is 50.5 Å². The molecule has 2 aromatic rings. The lowest BCUT2D eigenvalue weighted by Gasteiger charge is -2.15. The Hall–Kier alpha value is -0.750. The maximum atomic E-state index is 11.6. The van der Waals surface area contributed by atoms with E-state index >= 15 is 0 Å². The quantitative estimate of drug-likeness (QED) is 0.823. The summed E-state index contributed by atoms with van der Waals surface area (Å²) in [6.07, 6.45) is 0. The van der Waals surface area contributed by atoms with Crippen LogP contribution in [0.25, 0.3) is 0 Å². The highest BCUT2D eigenvalue weighted by Gasteiger charge is 2.21. The molecule has 0 fully saturated rings. The number of amides is 1. The first-order valence-corrected chi connectivity index (χ1v) is 7.60. The van der Waals surface area contributed by atoms with E-state index in [0.29, 0.717) is 9.36 Å². The molecule has 0 saturated heterocycles. The molecule has 0 bridgehead atoms. The van der Waals surface area contributed by atoms with Crippen LogP contribution in [0.4, 0.5) is 5.69 Å². The van der Waals surface area contributed by atoms with Gasteiger partial charge in [-0.2, -0.15) is 0 Å². The lowest BCUT2D eigenvalue weighted by atomic mass is 10.2. The summed E-state index contributed by atoms with van der Waals surface area (Å²) in [7, 11) is 0. The molecule has 100 valence electrons. The van der Waals surface area contributed by atoms with Crippen LogP contribution in [-0.2, 0) is 4.79 Å². The van der Waals surface area contributed by atoms with E-state index in [1.165, 1.54) is 11.3 Å². The summed E-state index contributed by atoms with van der Waals surface area (Å²) in [5.74, 6) is -0.472. The molecule has 1 amide bonds. The second-order valence-corrected chi connectivity index (χ2v) is 6.73. The molecule has 7 heteroatoms. The van der Waals surface area contributed by atoms with E-state index in [-0.39, 0.29) is 0 Å². The number of benzene rings is 1. The van der Waals surface area contributed by atoms with Crippen LogP contribution in [-0.4, -0.2) is 5.91 Å². The van der Waals surface area contributed by atoms with E-state index < -0.39 is 11.9 Å². The van der Waals surface area contributed by atoms with Gasteiger partial charge in [-0.15, -0.1) is 11.3 Å². The van der Waals surface area contributed by atoms with E-state index in [0.717, 1.165) is 15.0 Å². The second kappa shape index (κ2) is 6.13. The number of carbonyl (C=O) groups excluding carboxylic acids is 1. The van der Waals surface area contributed by atoms with Gasteiger partial charge in [-0.3, -0.25) is 4.79 Å². The molecule has 0 saturated carbocycles. The van der Waals surface area contributed by atoms with Crippen molar-refractivity contribution in [3.63, 3.8) is 0 Å². The number of nitrogens with one attached hydrogen (secondary N) is 1. The van der Waals surface area contributed by atoms with E-state index in [9.17, 15) is 4.79 Å². The number of nitrogens with two attached hydrogens (primary N) is 1. The molecular weight excluding hydrogens is 371 g/mol. The Labute approximate surface area is 132 Å². The van der Waals surface area contributed by atoms with Gasteiger partial charge in [0.05, 0.1) is 0 Å². The summed E-state index contributed by atoms with van der Waals surface area (Å²) >= 11 is 16.4. The van der Waals surface area contributed by atoms with Gasteiger partial charge in [0.2, 0.25) is 5.91 Å². The Morgan fingerprint density at radius 1 is 1.32 bits per heavy atom. The molecule has 1 aromatic heterocycles. The lowest BCUT2D eigenvalue weighted by molar-refractivity contribution is -0.118. The number of hydrogen-bond acceptors (Lipinski definition) is 3. The smallest absolute Gasteiger partial charge is 0.245 e. The first-order valence-electron chi connectivity index (χ1n) is 5.23. The maximum absolute atomic E-state index is 11.6. The Morgan fingerprint density at radius 3 is 2.42 bits per heavy atom. The van der Waals surface area contributed by atoms with Gasteiger partial charge in [0.25, 0.3) is 0 Å². The summed E-state index contributed by atoms with van der Waals surface area (Å²) < 4.78 is 1.33. The molecule has 1 atom stereocenters. The molecule has 0 spiro atoms. The second-order valence-electron chi connectivity index (χ2n) is 3.76. The summed E-state index contributed by atoms with van der Waals surface area (Å²) in [5, 5.41) is 3.69. The van der Waals surface area contributed by atoms with Crippen molar-refractivity contribution < 1.29 is 4.79 Å². The summed E-state index contributed by atoms with van der Waals surface area (Å²) in [6, 6.07) is 8.18. The normalized spacial score (nSPS) is 12.2. The Balaban J connectivity index is 2.26. The molecule has 1 unspecified atom stereocenters. The van der Waals surface area contributed by atoms with Crippen molar-refractivity contribution in [1.29, 1.82) is 0 Å². The minimum absolute atomic E-state index is 0.472. The van der Waals surface area contributed by atoms with E-state index in [4.69, 9.17) is 28.9 Å². The molecular formula is C12H9BrCl2N2OS. The number of carbonyl (C=O) groups is 1. The molecule has 1 heterocycles. The highest BCUT2D eigenvalue weighted by atomic mass is 79.9. The third-order valence-electron chi connectivity index (χ3n) is 2.39. The van der Waals surface area contributed by atoms with Crippen LogP contribution in [0.5, 0.6) is 0 Å². The first-order chi connectivity index (χ1) is 8.97. The molecule has 3 nitrogen and oxygen atoms in total. The van der Waals surface area contributed by atoms with E-state index in [1.807, 2.05) is 0 Å². The van der Waals surface area contributed by atoms with Gasteiger partial charge in [0.1, 0.15) is 10.4 Å². The zero-order valence-electron chi connectivity index (χ0n) is 9.49. The molecule has 0 radical (unpaired) electrons. The van der Waals surface area contributed by atoms with Crippen LogP contribution in [0.1, 0.15) is 10.9 Å². The van der Waals surface area contributed by atoms with Gasteiger partial charge in [-0.25, -0.2) is 0 Å². The summed E-state index contributed by atoms with van der Waals surface area (Å²) in [6.45, 7) is 0. The molecule has 0 aliphatic carbocycles. The fourth-order valence-corrected chi connectivity index (χ4v) is 3.42. The van der Waals surface area contributed by atoms with Crippen molar-refractivity contribution in [2.24, 2.45) is 5.73 Å². The van der Waals surface area contributed by atoms with Gasteiger partial charge in [-0.05, 0) is 46.3 Å². The lowest BCUT2D eigenvalue weighted by Crippen LogP contribution is -2.26. The molecule has 0 aliphatic heterocycles. The van der Waals surface area contributed by atoms with Crippen molar-refractivity contribution in [3.8, 4) is 0 Å². The fourth-order valence-electron chi connectivity index (χ4n) is 1.50. The molecule has 3 N–H and O–H groups in total. The standard InChI is InChI=1S/C12H9BrCl2N2OS/c13-8-5-9(19-11(8)15)10(12(16)18)17-7-3-1-6(14)2-4-7/h1-5,10,17H,(H2,16,18). The number of halogens is 3. The van der Waals surface area contributed by atoms with Crippen LogP contribution in [0.2, 0.25) is 9.36 Å². The Kier molecular flexibility index (Phi) is 4.73. The molecule has 0 aliphatic rings. The van der Waals surface area contributed by atoms with Gasteiger partial charge in [-0.1, -0.05) is 23.2 Å². The summed E-state index contributed by atoms with van der Waals surface area (Å²) in [4.78, 5) is 12.3. The number of rotatable bonds is 4. The zero-order chi connectivity index (χ0) is 14.0. The highest BCUT2D eigenvalue weighted by molar-refractivity contribution is 9.10. The third kappa shape index (κ3) is 3.63. The third-order valence-corrected chi connectivity index (χ3v) is 5.18. The highest BCUT2D eigenvalue weighted by Crippen LogP contribution is 2.36. The van der Waals surface area contributed by atoms with Gasteiger partial charge in [0.15, 0.2) is 0 Å². The van der Waals surface area contributed by atoms with Gasteiger partial charge >= 0.3 is 0 Å². The van der Waals surface area contributed by atoms with Crippen molar-refractivity contribution in [3.05, 3.63) is 49.0 Å². The van der Waals surface area contributed by atoms with Gasteiger partial charge < -0.3 is 11.1 Å². The number of anilines is 1. The Bertz CT molecular complexity index is 581. The fraction of sp³-hybridized carbons (Fsp3) is 0.0833. The van der Waals surface area contributed by atoms with Crippen molar-refractivity contribution in [1.82, 2.24) is 0 Å². The van der Waals surface area contributed by atoms with Crippen molar-refractivity contribution in [2.45, 2.75) is 6.04 Å². The topological polar surface area (TPSA) is 55.1 Å². The van der Waals surface area contributed by atoms with Crippen LogP contribution < -0.4 is 11.1 Å². The predicted octanol–water partition coefficient (Wildman–Crippen LogP) is 4.46. The molecule has 2 rings (SSSR count). The largest absolute Gasteiger partial charge is 0.369 e. The number of primary amides is 1. The zero-order valence-corrected chi connectivity index (χ0v) is 13.4. The molecule has 1 aromatic carbocycles. The SMILES string of the molecule is NC(=O)C(Nc1ccc(Cl)cc1)c1cc(Br)c(Cl)s1. The first kappa shape index (κ1) is 14.7. The van der Waals surface area contributed by atoms with Crippen LogP contribution in [0, 0.1) is 0 Å². The van der Waals surface area contributed by atoms with Crippen molar-refractivity contribution >= 4 is 62.1 Å². The minimum Gasteiger partial charge on any atom is -0.369 e. The van der Waals surface area contributed by atoms with Gasteiger partial charge in [0, 0.05) is 20.1 Å².